The summed E-state index contributed by atoms with van der Waals surface area (Å²) < 4.78 is 4.98. The highest BCUT2D eigenvalue weighted by atomic mass is 16.5. The first-order valence-electron chi connectivity index (χ1n) is 3.40. The van der Waals surface area contributed by atoms with E-state index < -0.39 is 0 Å². The van der Waals surface area contributed by atoms with E-state index in [1.165, 1.54) is 0 Å². The second kappa shape index (κ2) is 2.58. The number of pyridine rings is 1. The first kappa shape index (κ1) is 6.16. The molecule has 0 radical (unpaired) electrons. The van der Waals surface area contributed by atoms with Crippen molar-refractivity contribution in [2.45, 2.75) is 0 Å². The summed E-state index contributed by atoms with van der Waals surface area (Å²) in [6, 6.07) is 3.90. The van der Waals surface area contributed by atoms with Crippen molar-refractivity contribution in [2.24, 2.45) is 0 Å². The normalized spacial score (nSPS) is 13.5. The van der Waals surface area contributed by atoms with E-state index in [9.17, 15) is 0 Å². The van der Waals surface area contributed by atoms with E-state index in [1.54, 1.807) is 18.7 Å². The van der Waals surface area contributed by atoms with E-state index in [4.69, 9.17) is 4.74 Å². The number of ether oxygens (including phenoxy) is 1. The molecular weight excluding hydrogens is 138 g/mol. The molecule has 0 N–H and O–H groups in total. The molecule has 2 heterocycles. The minimum absolute atomic E-state index is 0.946. The van der Waals surface area contributed by atoms with Gasteiger partial charge in [-0.05, 0) is 18.2 Å². The molecule has 54 valence electrons. The van der Waals surface area contributed by atoms with Crippen LogP contribution in [0.15, 0.2) is 30.9 Å². The smallest absolute Gasteiger partial charge is 0.0923 e. The lowest BCUT2D eigenvalue weighted by atomic mass is 10.2. The monoisotopic (exact) mass is 145 g/mol. The van der Waals surface area contributed by atoms with E-state index in [0.717, 1.165) is 11.3 Å². The second-order valence-corrected chi connectivity index (χ2v) is 2.22. The number of fused-ring (bicyclic) bond motifs is 1. The Morgan fingerprint density at radius 3 is 3.09 bits per heavy atom. The summed E-state index contributed by atoms with van der Waals surface area (Å²) >= 11 is 0. The molecule has 0 saturated heterocycles. The van der Waals surface area contributed by atoms with Crippen molar-refractivity contribution in [2.75, 3.05) is 0 Å². The third-order valence-electron chi connectivity index (χ3n) is 1.50. The summed E-state index contributed by atoms with van der Waals surface area (Å²) in [7, 11) is 0. The second-order valence-electron chi connectivity index (χ2n) is 2.22. The molecule has 0 bridgehead atoms. The fourth-order valence-electron chi connectivity index (χ4n) is 0.972. The molecule has 2 rings (SSSR count). The van der Waals surface area contributed by atoms with Crippen molar-refractivity contribution in [3.63, 3.8) is 0 Å². The molecule has 1 aliphatic heterocycles. The summed E-state index contributed by atoms with van der Waals surface area (Å²) in [6.45, 7) is 0. The van der Waals surface area contributed by atoms with Gasteiger partial charge in [-0.25, -0.2) is 0 Å². The standard InChI is InChI=1S/C9H7NO/c1-2-8-3-6-11-7-4-9(8)10-5-1/h1-7H. The van der Waals surface area contributed by atoms with Crippen LogP contribution in [0.1, 0.15) is 11.3 Å². The average Bonchev–Trinajstić information content (AvgIpc) is 2.28. The Labute approximate surface area is 64.8 Å². The fraction of sp³-hybridized carbons (Fsp3) is 0. The molecule has 0 spiro atoms. The predicted molar refractivity (Wildman–Crippen MR) is 43.4 cm³/mol. The third kappa shape index (κ3) is 1.15. The minimum atomic E-state index is 0.946. The highest BCUT2D eigenvalue weighted by Gasteiger charge is 1.97. The highest BCUT2D eigenvalue weighted by molar-refractivity contribution is 5.62. The molecule has 0 unspecified atom stereocenters. The molecule has 1 aromatic heterocycles. The molecule has 1 aromatic rings. The molecule has 0 aliphatic carbocycles. The van der Waals surface area contributed by atoms with Crippen molar-refractivity contribution in [3.05, 3.63) is 42.1 Å². The van der Waals surface area contributed by atoms with Gasteiger partial charge in [0.25, 0.3) is 0 Å². The van der Waals surface area contributed by atoms with Crippen LogP contribution in [0.4, 0.5) is 0 Å². The van der Waals surface area contributed by atoms with Gasteiger partial charge in [-0.2, -0.15) is 0 Å². The minimum Gasteiger partial charge on any atom is -0.473 e. The van der Waals surface area contributed by atoms with Crippen LogP contribution in [0, 0.1) is 0 Å². The lowest BCUT2D eigenvalue weighted by Crippen LogP contribution is -1.82. The number of aromatic nitrogens is 1. The van der Waals surface area contributed by atoms with Crippen molar-refractivity contribution in [3.8, 4) is 0 Å². The zero-order chi connectivity index (χ0) is 7.52. The lowest BCUT2D eigenvalue weighted by Gasteiger charge is -1.94. The van der Waals surface area contributed by atoms with E-state index in [2.05, 4.69) is 4.98 Å². The average molecular weight is 145 g/mol. The van der Waals surface area contributed by atoms with Crippen LogP contribution in [0.3, 0.4) is 0 Å². The topological polar surface area (TPSA) is 22.1 Å². The van der Waals surface area contributed by atoms with E-state index >= 15 is 0 Å². The van der Waals surface area contributed by atoms with E-state index in [-0.39, 0.29) is 0 Å². The molecule has 1 aliphatic rings. The Balaban J connectivity index is 2.58. The molecule has 11 heavy (non-hydrogen) atoms. The number of hydrogen-bond acceptors (Lipinski definition) is 2. The molecule has 0 saturated carbocycles. The van der Waals surface area contributed by atoms with Crippen LogP contribution >= 0.6 is 0 Å². The summed E-state index contributed by atoms with van der Waals surface area (Å²) in [5.74, 6) is 0. The Morgan fingerprint density at radius 2 is 2.09 bits per heavy atom. The highest BCUT2D eigenvalue weighted by Crippen LogP contribution is 2.12. The largest absolute Gasteiger partial charge is 0.473 e. The summed E-state index contributed by atoms with van der Waals surface area (Å²) in [4.78, 5) is 4.16. The Bertz CT molecular complexity index is 284. The van der Waals surface area contributed by atoms with Crippen LogP contribution in [0.25, 0.3) is 12.2 Å². The molecule has 0 fully saturated rings. The van der Waals surface area contributed by atoms with Gasteiger partial charge in [-0.1, -0.05) is 6.07 Å². The summed E-state index contributed by atoms with van der Waals surface area (Å²) in [6.07, 6.45) is 8.76. The molecule has 2 heteroatoms. The molecule has 0 aromatic carbocycles. The number of nitrogens with zero attached hydrogens (tertiary/aromatic N) is 1. The Hall–Kier alpha value is -1.57. The van der Waals surface area contributed by atoms with Gasteiger partial charge in [-0.3, -0.25) is 4.98 Å². The molecule has 2 nitrogen and oxygen atoms in total. The molecular formula is C9H7NO. The van der Waals surface area contributed by atoms with Crippen LogP contribution < -0.4 is 0 Å². The van der Waals surface area contributed by atoms with E-state index in [0.29, 0.717) is 0 Å². The summed E-state index contributed by atoms with van der Waals surface area (Å²) in [5, 5.41) is 0. The predicted octanol–water partition coefficient (Wildman–Crippen LogP) is 2.05. The maximum absolute atomic E-state index is 4.98. The number of hydrogen-bond donors (Lipinski definition) is 0. The maximum Gasteiger partial charge on any atom is 0.0923 e. The maximum atomic E-state index is 4.98. The summed E-state index contributed by atoms with van der Waals surface area (Å²) in [5.41, 5.74) is 2.03. The number of rotatable bonds is 0. The van der Waals surface area contributed by atoms with Crippen molar-refractivity contribution in [1.29, 1.82) is 0 Å². The Kier molecular flexibility index (Phi) is 1.44. The fourth-order valence-corrected chi connectivity index (χ4v) is 0.972. The quantitative estimate of drug-likeness (QED) is 0.557. The first-order valence-corrected chi connectivity index (χ1v) is 3.40. The van der Waals surface area contributed by atoms with Crippen molar-refractivity contribution < 1.29 is 4.74 Å². The third-order valence-corrected chi connectivity index (χ3v) is 1.50. The van der Waals surface area contributed by atoms with Crippen molar-refractivity contribution in [1.82, 2.24) is 4.98 Å². The SMILES string of the molecule is C1=Cc2cccnc2C=CO1. The van der Waals surface area contributed by atoms with Gasteiger partial charge in [0.05, 0.1) is 18.2 Å². The van der Waals surface area contributed by atoms with Gasteiger partial charge in [0.2, 0.25) is 0 Å². The van der Waals surface area contributed by atoms with Gasteiger partial charge < -0.3 is 4.74 Å². The molecule has 0 atom stereocenters. The van der Waals surface area contributed by atoms with Gasteiger partial charge in [-0.15, -0.1) is 0 Å². The van der Waals surface area contributed by atoms with Gasteiger partial charge in [0.1, 0.15) is 0 Å². The van der Waals surface area contributed by atoms with E-state index in [1.807, 2.05) is 24.3 Å². The van der Waals surface area contributed by atoms with Gasteiger partial charge in [0, 0.05) is 11.8 Å². The van der Waals surface area contributed by atoms with Gasteiger partial charge in [0.15, 0.2) is 0 Å². The molecule has 0 amide bonds. The first-order chi connectivity index (χ1) is 5.47. The van der Waals surface area contributed by atoms with Crippen LogP contribution in [0.2, 0.25) is 0 Å². The Morgan fingerprint density at radius 1 is 1.18 bits per heavy atom. The van der Waals surface area contributed by atoms with Crippen molar-refractivity contribution >= 4 is 12.2 Å². The zero-order valence-electron chi connectivity index (χ0n) is 5.90. The van der Waals surface area contributed by atoms with Crippen LogP contribution in [-0.2, 0) is 4.74 Å². The van der Waals surface area contributed by atoms with Crippen LogP contribution in [0.5, 0.6) is 0 Å². The zero-order valence-corrected chi connectivity index (χ0v) is 5.90. The van der Waals surface area contributed by atoms with Crippen LogP contribution in [-0.4, -0.2) is 4.98 Å². The lowest BCUT2D eigenvalue weighted by molar-refractivity contribution is 0.411. The van der Waals surface area contributed by atoms with Gasteiger partial charge >= 0.3 is 0 Å².